The molecule has 0 bridgehead atoms. The van der Waals surface area contributed by atoms with Crippen molar-refractivity contribution in [1.29, 1.82) is 0 Å². The molecule has 20 heavy (non-hydrogen) atoms. The second-order valence-electron chi connectivity index (χ2n) is 5.17. The fraction of sp³-hybridized carbons (Fsp3) is 0.438. The van der Waals surface area contributed by atoms with E-state index in [0.717, 1.165) is 24.4 Å². The minimum absolute atomic E-state index is 0.0410. The van der Waals surface area contributed by atoms with Crippen LogP contribution in [0.4, 0.5) is 0 Å². The predicted octanol–water partition coefficient (Wildman–Crippen LogP) is 1.75. The first-order valence-electron chi connectivity index (χ1n) is 6.96. The molecule has 0 aliphatic carbocycles. The molecule has 0 saturated carbocycles. The zero-order valence-corrected chi connectivity index (χ0v) is 12.1. The van der Waals surface area contributed by atoms with Gasteiger partial charge in [0.25, 0.3) is 0 Å². The van der Waals surface area contributed by atoms with Crippen molar-refractivity contribution in [2.75, 3.05) is 19.6 Å². The number of aryl methyl sites for hydroxylation is 1. The number of likely N-dealkylation sites (tertiary alicyclic amines) is 1. The van der Waals surface area contributed by atoms with Gasteiger partial charge in [0.1, 0.15) is 11.9 Å². The average molecular weight is 274 g/mol. The molecule has 1 saturated heterocycles. The van der Waals surface area contributed by atoms with Gasteiger partial charge in [-0.25, -0.2) is 0 Å². The molecule has 1 aliphatic rings. The molecule has 1 heterocycles. The lowest BCUT2D eigenvalue weighted by Gasteiger charge is -2.42. The molecule has 1 N–H and O–H groups in total. The summed E-state index contributed by atoms with van der Waals surface area (Å²) in [5, 5.41) is 2.82. The van der Waals surface area contributed by atoms with Crippen molar-refractivity contribution in [3.05, 3.63) is 42.5 Å². The van der Waals surface area contributed by atoms with E-state index in [1.165, 1.54) is 0 Å². The van der Waals surface area contributed by atoms with E-state index < -0.39 is 0 Å². The summed E-state index contributed by atoms with van der Waals surface area (Å²) in [5.74, 6) is 0.972. The van der Waals surface area contributed by atoms with E-state index in [1.807, 2.05) is 38.1 Å². The number of benzene rings is 1. The number of para-hydroxylation sites is 1. The Balaban J connectivity index is 1.78. The van der Waals surface area contributed by atoms with Gasteiger partial charge in [0.05, 0.1) is 6.04 Å². The molecule has 1 amide bonds. The molecule has 2 rings (SSSR count). The molecule has 108 valence electrons. The minimum atomic E-state index is -0.119. The second kappa shape index (κ2) is 6.57. The summed E-state index contributed by atoms with van der Waals surface area (Å²) in [7, 11) is 0. The van der Waals surface area contributed by atoms with Gasteiger partial charge in [-0.15, -0.1) is 6.58 Å². The number of hydrogen-bond acceptors (Lipinski definition) is 3. The van der Waals surface area contributed by atoms with Gasteiger partial charge in [0, 0.05) is 19.6 Å². The van der Waals surface area contributed by atoms with Crippen LogP contribution < -0.4 is 10.1 Å². The Labute approximate surface area is 120 Å². The van der Waals surface area contributed by atoms with Gasteiger partial charge >= 0.3 is 0 Å². The van der Waals surface area contributed by atoms with E-state index in [-0.39, 0.29) is 18.1 Å². The summed E-state index contributed by atoms with van der Waals surface area (Å²) in [4.78, 5) is 13.9. The highest BCUT2D eigenvalue weighted by atomic mass is 16.5. The molecule has 1 fully saturated rings. The number of ether oxygens (including phenoxy) is 1. The van der Waals surface area contributed by atoms with E-state index in [2.05, 4.69) is 16.8 Å². The lowest BCUT2D eigenvalue weighted by molar-refractivity contribution is -0.129. The summed E-state index contributed by atoms with van der Waals surface area (Å²) in [6.45, 7) is 9.64. The third-order valence-electron chi connectivity index (χ3n) is 3.61. The van der Waals surface area contributed by atoms with E-state index in [9.17, 15) is 4.79 Å². The second-order valence-corrected chi connectivity index (χ2v) is 5.17. The molecule has 0 radical (unpaired) electrons. The van der Waals surface area contributed by atoms with Gasteiger partial charge in [-0.2, -0.15) is 0 Å². The van der Waals surface area contributed by atoms with Gasteiger partial charge < -0.3 is 10.1 Å². The first-order chi connectivity index (χ1) is 9.61. The van der Waals surface area contributed by atoms with Crippen LogP contribution in [0.5, 0.6) is 5.75 Å². The fourth-order valence-electron chi connectivity index (χ4n) is 2.21. The zero-order chi connectivity index (χ0) is 14.5. The monoisotopic (exact) mass is 274 g/mol. The zero-order valence-electron chi connectivity index (χ0n) is 12.1. The van der Waals surface area contributed by atoms with Gasteiger partial charge in [-0.3, -0.25) is 9.69 Å². The van der Waals surface area contributed by atoms with Crippen LogP contribution >= 0.6 is 0 Å². The normalized spacial score (nSPS) is 17.1. The lowest BCUT2D eigenvalue weighted by atomic mass is 10.1. The Bertz CT molecular complexity index is 481. The Hall–Kier alpha value is -1.81. The number of carbonyl (C=O) groups is 1. The molecule has 4 heteroatoms. The van der Waals surface area contributed by atoms with Crippen LogP contribution in [0.3, 0.4) is 0 Å². The highest BCUT2D eigenvalue weighted by Gasteiger charge is 2.34. The topological polar surface area (TPSA) is 41.6 Å². The molecule has 0 unspecified atom stereocenters. The average Bonchev–Trinajstić information content (AvgIpc) is 2.40. The standard InChI is InChI=1S/C16H22N2O2/c1-4-9-17-16(19)13(3)18-10-14(11-18)20-15-8-6-5-7-12(15)2/h4-8,13-14H,1,9-11H2,2-3H3,(H,17,19)/t13-/m0/s1. The van der Waals surface area contributed by atoms with Crippen molar-refractivity contribution in [2.45, 2.75) is 26.0 Å². The summed E-state index contributed by atoms with van der Waals surface area (Å²) >= 11 is 0. The first kappa shape index (κ1) is 14.6. The van der Waals surface area contributed by atoms with Crippen molar-refractivity contribution in [3.8, 4) is 5.75 Å². The third-order valence-corrected chi connectivity index (χ3v) is 3.61. The molecule has 1 atom stereocenters. The molecule has 4 nitrogen and oxygen atoms in total. The van der Waals surface area contributed by atoms with Crippen molar-refractivity contribution >= 4 is 5.91 Å². The largest absolute Gasteiger partial charge is 0.487 e. The summed E-state index contributed by atoms with van der Waals surface area (Å²) in [6.07, 6.45) is 1.86. The smallest absolute Gasteiger partial charge is 0.237 e. The highest BCUT2D eigenvalue weighted by Crippen LogP contribution is 2.22. The highest BCUT2D eigenvalue weighted by molar-refractivity contribution is 5.81. The molecule has 1 aromatic rings. The molecular weight excluding hydrogens is 252 g/mol. The first-order valence-corrected chi connectivity index (χ1v) is 6.96. The van der Waals surface area contributed by atoms with Crippen LogP contribution in [-0.4, -0.2) is 42.6 Å². The van der Waals surface area contributed by atoms with Gasteiger partial charge in [0.15, 0.2) is 0 Å². The van der Waals surface area contributed by atoms with Crippen LogP contribution in [0.1, 0.15) is 12.5 Å². The number of amides is 1. The van der Waals surface area contributed by atoms with Crippen molar-refractivity contribution in [2.24, 2.45) is 0 Å². The predicted molar refractivity (Wildman–Crippen MR) is 79.8 cm³/mol. The van der Waals surface area contributed by atoms with Crippen molar-refractivity contribution in [3.63, 3.8) is 0 Å². The Morgan fingerprint density at radius 3 is 2.90 bits per heavy atom. The molecular formula is C16H22N2O2. The Morgan fingerprint density at radius 1 is 1.55 bits per heavy atom. The van der Waals surface area contributed by atoms with Crippen molar-refractivity contribution < 1.29 is 9.53 Å². The number of nitrogens with zero attached hydrogens (tertiary/aromatic N) is 1. The van der Waals surface area contributed by atoms with Crippen LogP contribution in [0.25, 0.3) is 0 Å². The quantitative estimate of drug-likeness (QED) is 0.804. The van der Waals surface area contributed by atoms with Crippen molar-refractivity contribution in [1.82, 2.24) is 10.2 Å². The summed E-state index contributed by atoms with van der Waals surface area (Å²) in [6, 6.07) is 7.88. The summed E-state index contributed by atoms with van der Waals surface area (Å²) in [5.41, 5.74) is 1.14. The van der Waals surface area contributed by atoms with E-state index in [0.29, 0.717) is 6.54 Å². The minimum Gasteiger partial charge on any atom is -0.487 e. The molecule has 0 aromatic heterocycles. The molecule has 1 aliphatic heterocycles. The Kier molecular flexibility index (Phi) is 4.79. The van der Waals surface area contributed by atoms with Gasteiger partial charge in [0.2, 0.25) is 5.91 Å². The van der Waals surface area contributed by atoms with Crippen LogP contribution in [0, 0.1) is 6.92 Å². The number of hydrogen-bond donors (Lipinski definition) is 1. The van der Waals surface area contributed by atoms with Gasteiger partial charge in [-0.1, -0.05) is 24.3 Å². The van der Waals surface area contributed by atoms with Crippen LogP contribution in [0.15, 0.2) is 36.9 Å². The number of carbonyl (C=O) groups excluding carboxylic acids is 1. The Morgan fingerprint density at radius 2 is 2.25 bits per heavy atom. The maximum Gasteiger partial charge on any atom is 0.237 e. The van der Waals surface area contributed by atoms with Crippen LogP contribution in [-0.2, 0) is 4.79 Å². The fourth-order valence-corrected chi connectivity index (χ4v) is 2.21. The van der Waals surface area contributed by atoms with E-state index in [4.69, 9.17) is 4.74 Å². The summed E-state index contributed by atoms with van der Waals surface area (Å²) < 4.78 is 5.93. The van der Waals surface area contributed by atoms with E-state index in [1.54, 1.807) is 6.08 Å². The maximum absolute atomic E-state index is 11.8. The lowest BCUT2D eigenvalue weighted by Crippen LogP contribution is -2.60. The molecule has 0 spiro atoms. The SMILES string of the molecule is C=CCNC(=O)[C@H](C)N1CC(Oc2ccccc2C)C1. The van der Waals surface area contributed by atoms with E-state index >= 15 is 0 Å². The molecule has 1 aromatic carbocycles. The number of nitrogens with one attached hydrogen (secondary N) is 1. The third kappa shape index (κ3) is 3.39. The maximum atomic E-state index is 11.8. The van der Waals surface area contributed by atoms with Gasteiger partial charge in [-0.05, 0) is 25.5 Å². The number of rotatable bonds is 6. The van der Waals surface area contributed by atoms with Crippen LogP contribution in [0.2, 0.25) is 0 Å².